The van der Waals surface area contributed by atoms with Crippen molar-refractivity contribution in [2.45, 2.75) is 50.9 Å². The van der Waals surface area contributed by atoms with Gasteiger partial charge in [0.1, 0.15) is 0 Å². The maximum atomic E-state index is 6.05. The van der Waals surface area contributed by atoms with Gasteiger partial charge in [-0.3, -0.25) is 0 Å². The van der Waals surface area contributed by atoms with Gasteiger partial charge in [-0.2, -0.15) is 0 Å². The first-order valence-electron chi connectivity index (χ1n) is 8.51. The van der Waals surface area contributed by atoms with Gasteiger partial charge in [-0.15, -0.1) is 0 Å². The van der Waals surface area contributed by atoms with Gasteiger partial charge in [-0.1, -0.05) is 43.2 Å². The summed E-state index contributed by atoms with van der Waals surface area (Å²) in [6.07, 6.45) is 7.11. The number of benzene rings is 1. The van der Waals surface area contributed by atoms with Gasteiger partial charge in [0, 0.05) is 19.1 Å². The van der Waals surface area contributed by atoms with Crippen LogP contribution in [0.2, 0.25) is 0 Å². The summed E-state index contributed by atoms with van der Waals surface area (Å²) in [5.41, 5.74) is 1.27. The lowest BCUT2D eigenvalue weighted by atomic mass is 10.2. The smallest absolute Gasteiger partial charge is 0.0721 e. The van der Waals surface area contributed by atoms with Crippen molar-refractivity contribution in [3.8, 4) is 0 Å². The molecule has 2 saturated heterocycles. The first kappa shape index (κ1) is 15.0. The van der Waals surface area contributed by atoms with Crippen LogP contribution in [0.1, 0.15) is 37.7 Å². The highest BCUT2D eigenvalue weighted by molar-refractivity contribution is 5.13. The fourth-order valence-electron chi connectivity index (χ4n) is 3.47. The summed E-state index contributed by atoms with van der Waals surface area (Å²) < 4.78 is 6.05. The van der Waals surface area contributed by atoms with Crippen molar-refractivity contribution in [2.75, 3.05) is 26.2 Å². The van der Waals surface area contributed by atoms with Crippen LogP contribution in [0.5, 0.6) is 0 Å². The van der Waals surface area contributed by atoms with Gasteiger partial charge in [0.25, 0.3) is 0 Å². The molecule has 2 fully saturated rings. The zero-order chi connectivity index (χ0) is 14.3. The van der Waals surface area contributed by atoms with Crippen LogP contribution in [0.4, 0.5) is 0 Å². The second kappa shape index (κ2) is 7.92. The highest BCUT2D eigenvalue weighted by Crippen LogP contribution is 2.16. The van der Waals surface area contributed by atoms with Crippen molar-refractivity contribution >= 4 is 0 Å². The van der Waals surface area contributed by atoms with Gasteiger partial charge in [0.2, 0.25) is 0 Å². The van der Waals surface area contributed by atoms with Gasteiger partial charge < -0.3 is 15.0 Å². The highest BCUT2D eigenvalue weighted by atomic mass is 16.5. The third-order valence-corrected chi connectivity index (χ3v) is 4.69. The van der Waals surface area contributed by atoms with E-state index in [4.69, 9.17) is 4.74 Å². The SMILES string of the molecule is c1ccc(CO[C@H]2CN[C@H](CN3CCCCCC3)C2)cc1. The Balaban J connectivity index is 1.38. The average molecular weight is 288 g/mol. The van der Waals surface area contributed by atoms with E-state index in [1.165, 1.54) is 50.9 Å². The third kappa shape index (κ3) is 4.80. The maximum absolute atomic E-state index is 6.05. The molecule has 1 N–H and O–H groups in total. The van der Waals surface area contributed by atoms with E-state index in [2.05, 4.69) is 40.5 Å². The number of nitrogens with one attached hydrogen (secondary N) is 1. The lowest BCUT2D eigenvalue weighted by Gasteiger charge is -2.23. The van der Waals surface area contributed by atoms with Gasteiger partial charge >= 0.3 is 0 Å². The minimum atomic E-state index is 0.377. The molecule has 116 valence electrons. The Labute approximate surface area is 128 Å². The van der Waals surface area contributed by atoms with Crippen LogP contribution in [0.15, 0.2) is 30.3 Å². The van der Waals surface area contributed by atoms with Crippen molar-refractivity contribution in [1.29, 1.82) is 0 Å². The normalized spacial score (nSPS) is 27.6. The highest BCUT2D eigenvalue weighted by Gasteiger charge is 2.26. The fraction of sp³-hybridized carbons (Fsp3) is 0.667. The Hall–Kier alpha value is -0.900. The summed E-state index contributed by atoms with van der Waals surface area (Å²) in [4.78, 5) is 2.64. The van der Waals surface area contributed by atoms with Gasteiger partial charge in [0.15, 0.2) is 0 Å². The molecule has 2 atom stereocenters. The number of nitrogens with zero attached hydrogens (tertiary/aromatic N) is 1. The number of ether oxygens (including phenoxy) is 1. The summed E-state index contributed by atoms with van der Waals surface area (Å²) in [5, 5.41) is 3.64. The van der Waals surface area contributed by atoms with Crippen molar-refractivity contribution in [1.82, 2.24) is 10.2 Å². The van der Waals surface area contributed by atoms with Gasteiger partial charge in [0.05, 0.1) is 12.7 Å². The van der Waals surface area contributed by atoms with Crippen LogP contribution in [-0.2, 0) is 11.3 Å². The molecule has 0 aromatic heterocycles. The number of hydrogen-bond donors (Lipinski definition) is 1. The molecule has 3 rings (SSSR count). The second-order valence-corrected chi connectivity index (χ2v) is 6.47. The van der Waals surface area contributed by atoms with E-state index in [1.54, 1.807) is 0 Å². The first-order valence-corrected chi connectivity index (χ1v) is 8.51. The van der Waals surface area contributed by atoms with Gasteiger partial charge in [-0.25, -0.2) is 0 Å². The standard InChI is InChI=1S/C18H28N2O/c1-2-7-11-20(10-6-1)14-17-12-18(13-19-17)21-15-16-8-4-3-5-9-16/h3-5,8-9,17-19H,1-2,6-7,10-15H2/t17-,18+/m0/s1. The monoisotopic (exact) mass is 288 g/mol. The summed E-state index contributed by atoms with van der Waals surface area (Å²) >= 11 is 0. The molecule has 0 unspecified atom stereocenters. The number of likely N-dealkylation sites (tertiary alicyclic amines) is 1. The lowest BCUT2D eigenvalue weighted by molar-refractivity contribution is 0.0517. The van der Waals surface area contributed by atoms with E-state index in [9.17, 15) is 0 Å². The van der Waals surface area contributed by atoms with E-state index in [-0.39, 0.29) is 0 Å². The van der Waals surface area contributed by atoms with E-state index in [0.29, 0.717) is 12.1 Å². The number of rotatable bonds is 5. The minimum absolute atomic E-state index is 0.377. The molecular weight excluding hydrogens is 260 g/mol. The Morgan fingerprint density at radius 2 is 1.81 bits per heavy atom. The molecule has 3 heteroatoms. The van der Waals surface area contributed by atoms with Crippen LogP contribution in [-0.4, -0.2) is 43.2 Å². The molecule has 1 aromatic carbocycles. The van der Waals surface area contributed by atoms with Crippen LogP contribution in [0, 0.1) is 0 Å². The average Bonchev–Trinajstić information content (AvgIpc) is 2.80. The van der Waals surface area contributed by atoms with E-state index < -0.39 is 0 Å². The zero-order valence-electron chi connectivity index (χ0n) is 13.0. The van der Waals surface area contributed by atoms with Crippen molar-refractivity contribution < 1.29 is 4.74 Å². The molecule has 0 spiro atoms. The lowest BCUT2D eigenvalue weighted by Crippen LogP contribution is -2.37. The molecule has 1 aromatic rings. The predicted molar refractivity (Wildman–Crippen MR) is 86.3 cm³/mol. The van der Waals surface area contributed by atoms with E-state index in [0.717, 1.165) is 19.6 Å². The largest absolute Gasteiger partial charge is 0.372 e. The molecule has 21 heavy (non-hydrogen) atoms. The molecule has 0 aliphatic carbocycles. The van der Waals surface area contributed by atoms with E-state index >= 15 is 0 Å². The van der Waals surface area contributed by atoms with Crippen molar-refractivity contribution in [2.24, 2.45) is 0 Å². The topological polar surface area (TPSA) is 24.5 Å². The molecule has 0 bridgehead atoms. The second-order valence-electron chi connectivity index (χ2n) is 6.47. The first-order chi connectivity index (χ1) is 10.4. The Kier molecular flexibility index (Phi) is 5.67. The quantitative estimate of drug-likeness (QED) is 0.901. The van der Waals surface area contributed by atoms with Crippen LogP contribution in [0.25, 0.3) is 0 Å². The molecule has 3 nitrogen and oxygen atoms in total. The molecule has 2 heterocycles. The molecule has 0 radical (unpaired) electrons. The maximum Gasteiger partial charge on any atom is 0.0721 e. The van der Waals surface area contributed by atoms with E-state index in [1.807, 2.05) is 0 Å². The zero-order valence-corrected chi connectivity index (χ0v) is 13.0. The Morgan fingerprint density at radius 3 is 2.57 bits per heavy atom. The molecule has 0 amide bonds. The molecule has 0 saturated carbocycles. The summed E-state index contributed by atoms with van der Waals surface area (Å²) in [5.74, 6) is 0. The Bertz CT molecular complexity index is 401. The summed E-state index contributed by atoms with van der Waals surface area (Å²) in [6.45, 7) is 5.52. The van der Waals surface area contributed by atoms with Crippen LogP contribution >= 0.6 is 0 Å². The van der Waals surface area contributed by atoms with Crippen LogP contribution < -0.4 is 5.32 Å². The van der Waals surface area contributed by atoms with Crippen LogP contribution in [0.3, 0.4) is 0 Å². The predicted octanol–water partition coefficient (Wildman–Crippen LogP) is 2.81. The minimum Gasteiger partial charge on any atom is -0.372 e. The molecule has 2 aliphatic heterocycles. The van der Waals surface area contributed by atoms with Gasteiger partial charge in [-0.05, 0) is 37.9 Å². The van der Waals surface area contributed by atoms with Crippen molar-refractivity contribution in [3.63, 3.8) is 0 Å². The molecular formula is C18H28N2O. The van der Waals surface area contributed by atoms with Crippen molar-refractivity contribution in [3.05, 3.63) is 35.9 Å². The number of hydrogen-bond acceptors (Lipinski definition) is 3. The molecule has 2 aliphatic rings. The Morgan fingerprint density at radius 1 is 1.05 bits per heavy atom. The summed E-state index contributed by atoms with van der Waals surface area (Å²) in [7, 11) is 0. The third-order valence-electron chi connectivity index (χ3n) is 4.69. The summed E-state index contributed by atoms with van der Waals surface area (Å²) in [6, 6.07) is 11.1. The fourth-order valence-corrected chi connectivity index (χ4v) is 3.47.